The van der Waals surface area contributed by atoms with Crippen LogP contribution in [0.15, 0.2) is 24.3 Å². The second kappa shape index (κ2) is 2.92. The molecule has 0 unspecified atom stereocenters. The van der Waals surface area contributed by atoms with E-state index in [0.29, 0.717) is 0 Å². The molecule has 2 heteroatoms. The van der Waals surface area contributed by atoms with E-state index in [-0.39, 0.29) is 0 Å². The van der Waals surface area contributed by atoms with E-state index in [2.05, 4.69) is 0 Å². The third-order valence-electron chi connectivity index (χ3n) is 1.31. The van der Waals surface area contributed by atoms with Gasteiger partial charge in [0.2, 0.25) is 0 Å². The van der Waals surface area contributed by atoms with Crippen molar-refractivity contribution in [2.45, 2.75) is 0 Å². The molecular formula is C8H8N2. The Hall–Kier alpha value is -1.44. The Morgan fingerprint density at radius 1 is 0.900 bits per heavy atom. The molecule has 0 heterocycles. The fraction of sp³-hybridized carbons (Fsp3) is 0. The van der Waals surface area contributed by atoms with Gasteiger partial charge < -0.3 is 10.8 Å². The fourth-order valence-electron chi connectivity index (χ4n) is 0.774. The van der Waals surface area contributed by atoms with Gasteiger partial charge in [0.05, 0.1) is 0 Å². The van der Waals surface area contributed by atoms with Crippen LogP contribution in [0.1, 0.15) is 11.1 Å². The maximum atomic E-state index is 6.96. The second-order valence-corrected chi connectivity index (χ2v) is 1.92. The lowest BCUT2D eigenvalue weighted by atomic mass is 10.1. The Kier molecular flexibility index (Phi) is 1.95. The number of rotatable bonds is 2. The van der Waals surface area contributed by atoms with Gasteiger partial charge in [-0.3, -0.25) is 0 Å². The van der Waals surface area contributed by atoms with Crippen LogP contribution in [0, 0.1) is 10.8 Å². The highest BCUT2D eigenvalue weighted by atomic mass is 14.3. The molecule has 1 rings (SSSR count). The summed E-state index contributed by atoms with van der Waals surface area (Å²) in [5.41, 5.74) is 1.58. The molecule has 10 heavy (non-hydrogen) atoms. The Labute approximate surface area is 59.5 Å². The van der Waals surface area contributed by atoms with Gasteiger partial charge in [-0.2, -0.15) is 0 Å². The quantitative estimate of drug-likeness (QED) is 0.575. The van der Waals surface area contributed by atoms with E-state index in [4.69, 9.17) is 10.8 Å². The van der Waals surface area contributed by atoms with Gasteiger partial charge in [0.15, 0.2) is 0 Å². The molecule has 0 saturated carbocycles. The topological polar surface area (TPSA) is 47.7 Å². The minimum Gasteiger partial charge on any atom is -0.308 e. The van der Waals surface area contributed by atoms with Gasteiger partial charge in [-0.25, -0.2) is 0 Å². The highest BCUT2D eigenvalue weighted by molar-refractivity contribution is 5.91. The summed E-state index contributed by atoms with van der Waals surface area (Å²) in [6.07, 6.45) is 2.50. The molecule has 0 aromatic heterocycles. The van der Waals surface area contributed by atoms with Crippen LogP contribution in [0.5, 0.6) is 0 Å². The van der Waals surface area contributed by atoms with E-state index in [0.717, 1.165) is 11.1 Å². The molecule has 2 nitrogen and oxygen atoms in total. The van der Waals surface area contributed by atoms with Crippen LogP contribution < -0.4 is 0 Å². The van der Waals surface area contributed by atoms with Gasteiger partial charge in [0.1, 0.15) is 0 Å². The molecule has 50 valence electrons. The molecule has 1 aromatic carbocycles. The SMILES string of the molecule is N=Cc1ccccc1C=N. The van der Waals surface area contributed by atoms with Crippen LogP contribution in [0.25, 0.3) is 0 Å². The summed E-state index contributed by atoms with van der Waals surface area (Å²) in [4.78, 5) is 0. The molecule has 0 aliphatic rings. The van der Waals surface area contributed by atoms with Crippen molar-refractivity contribution in [3.63, 3.8) is 0 Å². The summed E-state index contributed by atoms with van der Waals surface area (Å²) >= 11 is 0. The molecule has 1 aromatic rings. The number of hydrogen-bond donors (Lipinski definition) is 2. The zero-order valence-corrected chi connectivity index (χ0v) is 5.46. The predicted molar refractivity (Wildman–Crippen MR) is 42.2 cm³/mol. The van der Waals surface area contributed by atoms with E-state index >= 15 is 0 Å². The van der Waals surface area contributed by atoms with Gasteiger partial charge in [-0.15, -0.1) is 0 Å². The predicted octanol–water partition coefficient (Wildman–Crippen LogP) is 1.68. The summed E-state index contributed by atoms with van der Waals surface area (Å²) in [6, 6.07) is 7.33. The first kappa shape index (κ1) is 6.68. The summed E-state index contributed by atoms with van der Waals surface area (Å²) in [5.74, 6) is 0. The van der Waals surface area contributed by atoms with Crippen LogP contribution in [0.3, 0.4) is 0 Å². The van der Waals surface area contributed by atoms with Gasteiger partial charge in [0.25, 0.3) is 0 Å². The lowest BCUT2D eigenvalue weighted by Gasteiger charge is -1.94. The Bertz CT molecular complexity index is 226. The normalized spacial score (nSPS) is 8.80. The first-order valence-electron chi connectivity index (χ1n) is 2.98. The summed E-state index contributed by atoms with van der Waals surface area (Å²) in [5, 5.41) is 13.9. The largest absolute Gasteiger partial charge is 0.308 e. The number of nitrogens with one attached hydrogen (secondary N) is 2. The molecule has 0 spiro atoms. The molecule has 0 saturated heterocycles. The van der Waals surface area contributed by atoms with Crippen LogP contribution in [0.2, 0.25) is 0 Å². The highest BCUT2D eigenvalue weighted by Gasteiger charge is 1.91. The Morgan fingerprint density at radius 2 is 1.30 bits per heavy atom. The Balaban J connectivity index is 3.20. The van der Waals surface area contributed by atoms with E-state index in [1.165, 1.54) is 12.4 Å². The molecular weight excluding hydrogens is 124 g/mol. The average Bonchev–Trinajstić information content (AvgIpc) is 2.04. The summed E-state index contributed by atoms with van der Waals surface area (Å²) in [6.45, 7) is 0. The molecule has 0 fully saturated rings. The molecule has 0 radical (unpaired) electrons. The Morgan fingerprint density at radius 3 is 1.60 bits per heavy atom. The summed E-state index contributed by atoms with van der Waals surface area (Å²) in [7, 11) is 0. The minimum atomic E-state index is 0.789. The third-order valence-corrected chi connectivity index (χ3v) is 1.31. The van der Waals surface area contributed by atoms with Crippen molar-refractivity contribution >= 4 is 12.4 Å². The van der Waals surface area contributed by atoms with Crippen molar-refractivity contribution in [3.05, 3.63) is 35.4 Å². The highest BCUT2D eigenvalue weighted by Crippen LogP contribution is 2.01. The van der Waals surface area contributed by atoms with Crippen LogP contribution in [-0.4, -0.2) is 12.4 Å². The van der Waals surface area contributed by atoms with Crippen molar-refractivity contribution in [1.29, 1.82) is 10.8 Å². The third kappa shape index (κ3) is 1.10. The number of benzene rings is 1. The smallest absolute Gasteiger partial charge is 0.0256 e. The monoisotopic (exact) mass is 132 g/mol. The molecule has 0 aliphatic heterocycles. The molecule has 0 aliphatic carbocycles. The minimum absolute atomic E-state index is 0.789. The van der Waals surface area contributed by atoms with Gasteiger partial charge >= 0.3 is 0 Å². The van der Waals surface area contributed by atoms with Gasteiger partial charge in [-0.1, -0.05) is 24.3 Å². The molecule has 0 amide bonds. The van der Waals surface area contributed by atoms with Crippen LogP contribution in [0.4, 0.5) is 0 Å². The average molecular weight is 132 g/mol. The molecule has 0 bridgehead atoms. The van der Waals surface area contributed by atoms with E-state index < -0.39 is 0 Å². The zero-order valence-electron chi connectivity index (χ0n) is 5.46. The number of hydrogen-bond acceptors (Lipinski definition) is 2. The lowest BCUT2D eigenvalue weighted by Crippen LogP contribution is -1.87. The first-order chi connectivity index (χ1) is 4.88. The van der Waals surface area contributed by atoms with Crippen molar-refractivity contribution in [2.75, 3.05) is 0 Å². The van der Waals surface area contributed by atoms with Gasteiger partial charge in [-0.05, 0) is 0 Å². The summed E-state index contributed by atoms with van der Waals surface area (Å²) < 4.78 is 0. The van der Waals surface area contributed by atoms with Gasteiger partial charge in [0, 0.05) is 23.6 Å². The van der Waals surface area contributed by atoms with Crippen molar-refractivity contribution < 1.29 is 0 Å². The second-order valence-electron chi connectivity index (χ2n) is 1.92. The maximum Gasteiger partial charge on any atom is 0.0256 e. The van der Waals surface area contributed by atoms with Crippen molar-refractivity contribution in [2.24, 2.45) is 0 Å². The van der Waals surface area contributed by atoms with Crippen molar-refractivity contribution in [3.8, 4) is 0 Å². The lowest BCUT2D eigenvalue weighted by molar-refractivity contribution is 1.50. The van der Waals surface area contributed by atoms with E-state index in [1.807, 2.05) is 24.3 Å². The zero-order chi connectivity index (χ0) is 7.40. The van der Waals surface area contributed by atoms with Crippen LogP contribution >= 0.6 is 0 Å². The van der Waals surface area contributed by atoms with Crippen LogP contribution in [-0.2, 0) is 0 Å². The van der Waals surface area contributed by atoms with E-state index in [9.17, 15) is 0 Å². The standard InChI is InChI=1S/C8H8N2/c9-5-7-3-1-2-4-8(7)6-10/h1-6,9-10H. The van der Waals surface area contributed by atoms with Crippen molar-refractivity contribution in [1.82, 2.24) is 0 Å². The van der Waals surface area contributed by atoms with E-state index in [1.54, 1.807) is 0 Å². The first-order valence-corrected chi connectivity index (χ1v) is 2.98. The maximum absolute atomic E-state index is 6.96. The fourth-order valence-corrected chi connectivity index (χ4v) is 0.774. The molecule has 0 atom stereocenters. The molecule has 2 N–H and O–H groups in total.